The number of anilines is 1. The third-order valence-electron chi connectivity index (χ3n) is 4.70. The first-order valence-electron chi connectivity index (χ1n) is 9.40. The highest BCUT2D eigenvalue weighted by atomic mass is 19.4. The van der Waals surface area contributed by atoms with Gasteiger partial charge in [-0.25, -0.2) is 0 Å². The molecule has 8 heteroatoms. The van der Waals surface area contributed by atoms with Crippen LogP contribution in [0.25, 0.3) is 0 Å². The van der Waals surface area contributed by atoms with E-state index in [9.17, 15) is 13.2 Å². The summed E-state index contributed by atoms with van der Waals surface area (Å²) in [5, 5.41) is 6.46. The van der Waals surface area contributed by atoms with Crippen molar-refractivity contribution in [2.45, 2.75) is 38.5 Å². The second-order valence-electron chi connectivity index (χ2n) is 7.00. The van der Waals surface area contributed by atoms with E-state index in [1.54, 1.807) is 0 Å². The number of aliphatic imine (C=N–C) groups is 1. The lowest BCUT2D eigenvalue weighted by atomic mass is 10.2. The zero-order valence-corrected chi connectivity index (χ0v) is 16.3. The van der Waals surface area contributed by atoms with Crippen molar-refractivity contribution >= 4 is 11.6 Å². The van der Waals surface area contributed by atoms with Crippen LogP contribution < -0.4 is 15.5 Å². The van der Waals surface area contributed by atoms with Crippen molar-refractivity contribution in [2.75, 3.05) is 44.7 Å². The SMILES string of the molecule is CCNC(=NCC(C)N(C)c1ccccc1)NC1CCN(CC(F)(F)F)C1. The molecule has 0 saturated carbocycles. The molecule has 0 radical (unpaired) electrons. The summed E-state index contributed by atoms with van der Waals surface area (Å²) < 4.78 is 37.6. The van der Waals surface area contributed by atoms with E-state index in [0.29, 0.717) is 38.6 Å². The van der Waals surface area contributed by atoms with Crippen LogP contribution in [0, 0.1) is 0 Å². The molecule has 0 amide bonds. The molecular weight excluding hydrogens is 355 g/mol. The molecule has 0 aliphatic carbocycles. The second-order valence-corrected chi connectivity index (χ2v) is 7.00. The maximum Gasteiger partial charge on any atom is 0.401 e. The van der Waals surface area contributed by atoms with Crippen molar-refractivity contribution in [3.05, 3.63) is 30.3 Å². The van der Waals surface area contributed by atoms with Crippen LogP contribution in [0.4, 0.5) is 18.9 Å². The van der Waals surface area contributed by atoms with Crippen LogP contribution in [-0.4, -0.2) is 68.9 Å². The third kappa shape index (κ3) is 7.28. The molecule has 1 aromatic carbocycles. The number of nitrogens with one attached hydrogen (secondary N) is 2. The maximum absolute atomic E-state index is 12.5. The fourth-order valence-corrected chi connectivity index (χ4v) is 3.12. The van der Waals surface area contributed by atoms with E-state index in [1.165, 1.54) is 4.90 Å². The Hall–Kier alpha value is -1.96. The Kier molecular flexibility index (Phi) is 7.77. The summed E-state index contributed by atoms with van der Waals surface area (Å²) in [7, 11) is 2.03. The zero-order chi connectivity index (χ0) is 19.9. The summed E-state index contributed by atoms with van der Waals surface area (Å²) in [5.41, 5.74) is 1.12. The van der Waals surface area contributed by atoms with Gasteiger partial charge in [0.05, 0.1) is 13.1 Å². The van der Waals surface area contributed by atoms with Gasteiger partial charge in [-0.3, -0.25) is 9.89 Å². The van der Waals surface area contributed by atoms with E-state index in [-0.39, 0.29) is 12.1 Å². The number of halogens is 3. The molecule has 27 heavy (non-hydrogen) atoms. The molecule has 2 unspecified atom stereocenters. The topological polar surface area (TPSA) is 42.9 Å². The number of guanidine groups is 1. The third-order valence-corrected chi connectivity index (χ3v) is 4.70. The highest BCUT2D eigenvalue weighted by Gasteiger charge is 2.34. The standard InChI is InChI=1S/C19H30F3N5/c1-4-23-18(25-16-10-11-27(13-16)14-19(20,21)22)24-12-15(2)26(3)17-8-6-5-7-9-17/h5-9,15-16H,4,10-14H2,1-3H3,(H2,23,24,25). The molecule has 0 spiro atoms. The van der Waals surface area contributed by atoms with E-state index in [1.807, 2.05) is 32.2 Å². The molecule has 152 valence electrons. The summed E-state index contributed by atoms with van der Waals surface area (Å²) in [6.07, 6.45) is -3.47. The van der Waals surface area contributed by atoms with Gasteiger partial charge in [-0.15, -0.1) is 0 Å². The van der Waals surface area contributed by atoms with E-state index in [4.69, 9.17) is 0 Å². The van der Waals surface area contributed by atoms with Crippen molar-refractivity contribution in [1.82, 2.24) is 15.5 Å². The van der Waals surface area contributed by atoms with Gasteiger partial charge in [-0.1, -0.05) is 18.2 Å². The lowest BCUT2D eigenvalue weighted by Crippen LogP contribution is -2.45. The van der Waals surface area contributed by atoms with Crippen molar-refractivity contribution in [3.63, 3.8) is 0 Å². The molecule has 1 aliphatic heterocycles. The molecule has 2 rings (SSSR count). The summed E-state index contributed by atoms with van der Waals surface area (Å²) >= 11 is 0. The molecule has 1 fully saturated rings. The lowest BCUT2D eigenvalue weighted by Gasteiger charge is -2.26. The van der Waals surface area contributed by atoms with E-state index in [0.717, 1.165) is 5.69 Å². The van der Waals surface area contributed by atoms with Gasteiger partial charge in [0.25, 0.3) is 0 Å². The first-order valence-corrected chi connectivity index (χ1v) is 9.40. The Morgan fingerprint density at radius 3 is 2.67 bits per heavy atom. The summed E-state index contributed by atoms with van der Waals surface area (Å²) in [6.45, 7) is 5.33. The fourth-order valence-electron chi connectivity index (χ4n) is 3.12. The van der Waals surface area contributed by atoms with E-state index in [2.05, 4.69) is 39.6 Å². The number of alkyl halides is 3. The normalized spacial score (nSPS) is 19.8. The average Bonchev–Trinajstić information content (AvgIpc) is 3.04. The highest BCUT2D eigenvalue weighted by Crippen LogP contribution is 2.20. The van der Waals surface area contributed by atoms with Crippen LogP contribution in [0.2, 0.25) is 0 Å². The fraction of sp³-hybridized carbons (Fsp3) is 0.632. The van der Waals surface area contributed by atoms with Crippen LogP contribution in [0.1, 0.15) is 20.3 Å². The summed E-state index contributed by atoms with van der Waals surface area (Å²) in [4.78, 5) is 8.23. The van der Waals surface area contributed by atoms with Gasteiger partial charge in [0, 0.05) is 44.5 Å². The Balaban J connectivity index is 1.88. The molecule has 2 N–H and O–H groups in total. The van der Waals surface area contributed by atoms with Gasteiger partial charge in [0.15, 0.2) is 5.96 Å². The van der Waals surface area contributed by atoms with Crippen molar-refractivity contribution < 1.29 is 13.2 Å². The minimum absolute atomic E-state index is 0.0210. The smallest absolute Gasteiger partial charge is 0.370 e. The predicted octanol–water partition coefficient (Wildman–Crippen LogP) is 2.70. The van der Waals surface area contributed by atoms with Crippen LogP contribution in [0.5, 0.6) is 0 Å². The Morgan fingerprint density at radius 2 is 2.04 bits per heavy atom. The monoisotopic (exact) mass is 385 g/mol. The molecule has 1 saturated heterocycles. The van der Waals surface area contributed by atoms with Crippen molar-refractivity contribution in [2.24, 2.45) is 4.99 Å². The van der Waals surface area contributed by atoms with Crippen molar-refractivity contribution in [1.29, 1.82) is 0 Å². The molecule has 0 aromatic heterocycles. The predicted molar refractivity (Wildman–Crippen MR) is 104 cm³/mol. The number of likely N-dealkylation sites (N-methyl/N-ethyl adjacent to an activating group) is 1. The second kappa shape index (κ2) is 9.82. The van der Waals surface area contributed by atoms with Gasteiger partial charge in [0.2, 0.25) is 0 Å². The zero-order valence-electron chi connectivity index (χ0n) is 16.3. The largest absolute Gasteiger partial charge is 0.401 e. The molecule has 1 aromatic rings. The Bertz CT molecular complexity index is 591. The van der Waals surface area contributed by atoms with Gasteiger partial charge in [0.1, 0.15) is 0 Å². The number of likely N-dealkylation sites (tertiary alicyclic amines) is 1. The van der Waals surface area contributed by atoms with Gasteiger partial charge < -0.3 is 15.5 Å². The average molecular weight is 385 g/mol. The number of benzene rings is 1. The Labute approximate surface area is 159 Å². The minimum Gasteiger partial charge on any atom is -0.370 e. The molecule has 2 atom stereocenters. The minimum atomic E-state index is -4.15. The number of nitrogens with zero attached hydrogens (tertiary/aromatic N) is 3. The van der Waals surface area contributed by atoms with E-state index < -0.39 is 12.7 Å². The Morgan fingerprint density at radius 1 is 1.33 bits per heavy atom. The molecule has 5 nitrogen and oxygen atoms in total. The van der Waals surface area contributed by atoms with Crippen LogP contribution in [0.3, 0.4) is 0 Å². The molecule has 0 bridgehead atoms. The van der Waals surface area contributed by atoms with Gasteiger partial charge in [-0.2, -0.15) is 13.2 Å². The number of hydrogen-bond acceptors (Lipinski definition) is 3. The maximum atomic E-state index is 12.5. The molecular formula is C19H30F3N5. The summed E-state index contributed by atoms with van der Waals surface area (Å²) in [6, 6.07) is 10.3. The van der Waals surface area contributed by atoms with Gasteiger partial charge in [-0.05, 0) is 32.4 Å². The molecule has 1 aliphatic rings. The number of hydrogen-bond donors (Lipinski definition) is 2. The van der Waals surface area contributed by atoms with Crippen LogP contribution in [0.15, 0.2) is 35.3 Å². The van der Waals surface area contributed by atoms with Crippen LogP contribution >= 0.6 is 0 Å². The number of para-hydroxylation sites is 1. The summed E-state index contributed by atoms with van der Waals surface area (Å²) in [5.74, 6) is 0.657. The van der Waals surface area contributed by atoms with E-state index >= 15 is 0 Å². The van der Waals surface area contributed by atoms with Crippen molar-refractivity contribution in [3.8, 4) is 0 Å². The van der Waals surface area contributed by atoms with Crippen LogP contribution in [-0.2, 0) is 0 Å². The lowest BCUT2D eigenvalue weighted by molar-refractivity contribution is -0.143. The highest BCUT2D eigenvalue weighted by molar-refractivity contribution is 5.80. The molecule has 1 heterocycles. The first kappa shape index (κ1) is 21.3. The van der Waals surface area contributed by atoms with Gasteiger partial charge >= 0.3 is 6.18 Å². The quantitative estimate of drug-likeness (QED) is 0.560. The first-order chi connectivity index (χ1) is 12.8. The number of rotatable bonds is 7.